The SMILES string of the molecule is c1cc2c(cc1[C@H]1C3CCC(C3)[C@@H]1NC1=NCCO1)OCO2. The third kappa shape index (κ3) is 1.87. The van der Waals surface area contributed by atoms with Crippen LogP contribution in [0.25, 0.3) is 0 Å². The van der Waals surface area contributed by atoms with Crippen molar-refractivity contribution in [2.24, 2.45) is 16.8 Å². The number of ether oxygens (including phenoxy) is 3. The van der Waals surface area contributed by atoms with E-state index in [1.807, 2.05) is 6.07 Å². The van der Waals surface area contributed by atoms with Crippen LogP contribution in [0.4, 0.5) is 0 Å². The lowest BCUT2D eigenvalue weighted by atomic mass is 9.79. The highest BCUT2D eigenvalue weighted by molar-refractivity contribution is 5.75. The number of nitrogens with zero attached hydrogens (tertiary/aromatic N) is 1. The predicted octanol–water partition coefficient (Wildman–Crippen LogP) is 2.27. The summed E-state index contributed by atoms with van der Waals surface area (Å²) in [6, 6.07) is 7.58. The molecule has 5 rings (SSSR count). The predicted molar refractivity (Wildman–Crippen MR) is 81.3 cm³/mol. The Kier molecular flexibility index (Phi) is 2.75. The van der Waals surface area contributed by atoms with E-state index in [1.54, 1.807) is 0 Å². The third-order valence-electron chi connectivity index (χ3n) is 5.57. The molecule has 2 fully saturated rings. The minimum Gasteiger partial charge on any atom is -0.463 e. The Morgan fingerprint density at radius 3 is 2.86 bits per heavy atom. The van der Waals surface area contributed by atoms with Gasteiger partial charge >= 0.3 is 0 Å². The van der Waals surface area contributed by atoms with Crippen LogP contribution in [-0.2, 0) is 4.74 Å². The molecule has 4 atom stereocenters. The van der Waals surface area contributed by atoms with Crippen LogP contribution in [0.15, 0.2) is 23.2 Å². The summed E-state index contributed by atoms with van der Waals surface area (Å²) >= 11 is 0. The standard InChI is InChI=1S/C17H20N2O3/c1-2-12-7-10(1)15(16(12)19-17-18-5-6-20-17)11-3-4-13-14(8-11)22-9-21-13/h3-4,8,10,12,15-16H,1-2,5-7,9H2,(H,18,19)/t10?,12?,15-,16+/m1/s1. The van der Waals surface area contributed by atoms with Crippen molar-refractivity contribution in [1.82, 2.24) is 5.32 Å². The van der Waals surface area contributed by atoms with Crippen molar-refractivity contribution in [2.45, 2.75) is 31.2 Å². The third-order valence-corrected chi connectivity index (χ3v) is 5.57. The molecule has 22 heavy (non-hydrogen) atoms. The van der Waals surface area contributed by atoms with Crippen LogP contribution in [0.3, 0.4) is 0 Å². The molecular formula is C17H20N2O3. The molecule has 1 aromatic rings. The molecule has 116 valence electrons. The van der Waals surface area contributed by atoms with Crippen molar-refractivity contribution in [3.05, 3.63) is 23.8 Å². The molecule has 0 radical (unpaired) electrons. The topological polar surface area (TPSA) is 52.1 Å². The van der Waals surface area contributed by atoms with Crippen LogP contribution in [0.1, 0.15) is 30.7 Å². The first kappa shape index (κ1) is 12.6. The second kappa shape index (κ2) is 4.80. The quantitative estimate of drug-likeness (QED) is 0.910. The first-order chi connectivity index (χ1) is 10.9. The fourth-order valence-electron chi connectivity index (χ4n) is 4.66. The molecule has 2 unspecified atom stereocenters. The smallest absolute Gasteiger partial charge is 0.285 e. The maximum Gasteiger partial charge on any atom is 0.285 e. The van der Waals surface area contributed by atoms with Gasteiger partial charge in [0.2, 0.25) is 6.79 Å². The minimum absolute atomic E-state index is 0.335. The molecule has 2 aliphatic carbocycles. The lowest BCUT2D eigenvalue weighted by Crippen LogP contribution is -2.43. The Balaban J connectivity index is 1.45. The number of aliphatic imine (C=N–C) groups is 1. The highest BCUT2D eigenvalue weighted by Gasteiger charge is 2.49. The van der Waals surface area contributed by atoms with Crippen molar-refractivity contribution in [1.29, 1.82) is 0 Å². The summed E-state index contributed by atoms with van der Waals surface area (Å²) in [4.78, 5) is 4.41. The Labute approximate surface area is 129 Å². The van der Waals surface area contributed by atoms with E-state index < -0.39 is 0 Å². The summed E-state index contributed by atoms with van der Waals surface area (Å²) < 4.78 is 16.6. The molecule has 2 heterocycles. The molecule has 2 bridgehead atoms. The molecule has 0 aromatic heterocycles. The number of fused-ring (bicyclic) bond motifs is 3. The van der Waals surface area contributed by atoms with Gasteiger partial charge in [-0.25, -0.2) is 4.99 Å². The molecule has 0 amide bonds. The summed E-state index contributed by atoms with van der Waals surface area (Å²) in [5.74, 6) is 3.74. The van der Waals surface area contributed by atoms with E-state index in [4.69, 9.17) is 14.2 Å². The zero-order valence-electron chi connectivity index (χ0n) is 12.5. The Morgan fingerprint density at radius 1 is 1.05 bits per heavy atom. The van der Waals surface area contributed by atoms with Crippen LogP contribution < -0.4 is 14.8 Å². The van der Waals surface area contributed by atoms with Gasteiger partial charge < -0.3 is 19.5 Å². The van der Waals surface area contributed by atoms with Crippen molar-refractivity contribution in [3.63, 3.8) is 0 Å². The van der Waals surface area contributed by atoms with Crippen molar-refractivity contribution in [2.75, 3.05) is 19.9 Å². The molecule has 0 saturated heterocycles. The van der Waals surface area contributed by atoms with Gasteiger partial charge in [0.05, 0.1) is 6.54 Å². The number of nitrogens with one attached hydrogen (secondary N) is 1. The van der Waals surface area contributed by atoms with Crippen molar-refractivity contribution in [3.8, 4) is 11.5 Å². The highest BCUT2D eigenvalue weighted by Crippen LogP contribution is 2.54. The number of hydrogen-bond donors (Lipinski definition) is 1. The second-order valence-electron chi connectivity index (χ2n) is 6.68. The number of rotatable bonds is 2. The maximum atomic E-state index is 5.57. The zero-order valence-corrected chi connectivity index (χ0v) is 12.5. The van der Waals surface area contributed by atoms with Crippen molar-refractivity contribution >= 4 is 6.02 Å². The van der Waals surface area contributed by atoms with Gasteiger partial charge in [-0.05, 0) is 48.8 Å². The zero-order chi connectivity index (χ0) is 14.5. The van der Waals surface area contributed by atoms with Crippen LogP contribution in [0.5, 0.6) is 11.5 Å². The van der Waals surface area contributed by atoms with Gasteiger partial charge in [0.15, 0.2) is 11.5 Å². The van der Waals surface area contributed by atoms with Gasteiger partial charge in [-0.3, -0.25) is 0 Å². The minimum atomic E-state index is 0.335. The fraction of sp³-hybridized carbons (Fsp3) is 0.588. The second-order valence-corrected chi connectivity index (χ2v) is 6.68. The Morgan fingerprint density at radius 2 is 1.95 bits per heavy atom. The summed E-state index contributed by atoms with van der Waals surface area (Å²) in [7, 11) is 0. The lowest BCUT2D eigenvalue weighted by Gasteiger charge is -2.32. The highest BCUT2D eigenvalue weighted by atomic mass is 16.7. The van der Waals surface area contributed by atoms with Gasteiger partial charge in [-0.15, -0.1) is 0 Å². The van der Waals surface area contributed by atoms with Crippen molar-refractivity contribution < 1.29 is 14.2 Å². The normalized spacial score (nSPS) is 34.6. The molecule has 4 aliphatic rings. The van der Waals surface area contributed by atoms with Gasteiger partial charge in [0.25, 0.3) is 6.02 Å². The van der Waals surface area contributed by atoms with Gasteiger partial charge in [0, 0.05) is 12.0 Å². The number of hydrogen-bond acceptors (Lipinski definition) is 5. The Bertz CT molecular complexity index is 630. The number of benzene rings is 1. The van der Waals surface area contributed by atoms with E-state index in [2.05, 4.69) is 22.4 Å². The van der Waals surface area contributed by atoms with Crippen LogP contribution >= 0.6 is 0 Å². The maximum absolute atomic E-state index is 5.57. The molecule has 5 heteroatoms. The lowest BCUT2D eigenvalue weighted by molar-refractivity contribution is 0.174. The fourth-order valence-corrected chi connectivity index (χ4v) is 4.66. The summed E-state index contributed by atoms with van der Waals surface area (Å²) in [5, 5.41) is 3.58. The summed E-state index contributed by atoms with van der Waals surface area (Å²) in [6.07, 6.45) is 3.95. The average Bonchev–Trinajstić information content (AvgIpc) is 3.31. The average molecular weight is 300 g/mol. The monoisotopic (exact) mass is 300 g/mol. The van der Waals surface area contributed by atoms with Crippen LogP contribution in [-0.4, -0.2) is 32.0 Å². The summed E-state index contributed by atoms with van der Waals surface area (Å²) in [5.41, 5.74) is 1.35. The van der Waals surface area contributed by atoms with Crippen LogP contribution in [0.2, 0.25) is 0 Å². The van der Waals surface area contributed by atoms with E-state index in [0.29, 0.717) is 25.4 Å². The first-order valence-electron chi connectivity index (χ1n) is 8.22. The van der Waals surface area contributed by atoms with E-state index in [9.17, 15) is 0 Å². The molecule has 0 spiro atoms. The molecule has 5 nitrogen and oxygen atoms in total. The van der Waals surface area contributed by atoms with E-state index >= 15 is 0 Å². The van der Waals surface area contributed by atoms with Gasteiger partial charge in [-0.1, -0.05) is 6.07 Å². The van der Waals surface area contributed by atoms with Gasteiger partial charge in [-0.2, -0.15) is 0 Å². The number of amidine groups is 1. The molecular weight excluding hydrogens is 280 g/mol. The largest absolute Gasteiger partial charge is 0.463 e. The summed E-state index contributed by atoms with van der Waals surface area (Å²) in [6.45, 7) is 1.82. The van der Waals surface area contributed by atoms with Gasteiger partial charge in [0.1, 0.15) is 6.61 Å². The first-order valence-corrected chi connectivity index (χ1v) is 8.22. The molecule has 1 aromatic carbocycles. The molecule has 2 aliphatic heterocycles. The Hall–Kier alpha value is -1.91. The molecule has 2 saturated carbocycles. The van der Waals surface area contributed by atoms with E-state index in [-0.39, 0.29) is 0 Å². The molecule has 1 N–H and O–H groups in total. The van der Waals surface area contributed by atoms with E-state index in [1.165, 1.54) is 24.8 Å². The van der Waals surface area contributed by atoms with Crippen LogP contribution in [0, 0.1) is 11.8 Å². The van der Waals surface area contributed by atoms with E-state index in [0.717, 1.165) is 35.9 Å².